The van der Waals surface area contributed by atoms with Crippen LogP contribution in [0.1, 0.15) is 17.0 Å². The summed E-state index contributed by atoms with van der Waals surface area (Å²) in [6, 6.07) is 12.8. The van der Waals surface area contributed by atoms with Gasteiger partial charge in [0.25, 0.3) is 0 Å². The molecule has 1 aromatic heterocycles. The van der Waals surface area contributed by atoms with Gasteiger partial charge in [-0.2, -0.15) is 9.49 Å². The number of aromatic nitrogens is 2. The number of aryl methyl sites for hydroxylation is 1. The van der Waals surface area contributed by atoms with Crippen molar-refractivity contribution in [2.45, 2.75) is 20.3 Å². The third kappa shape index (κ3) is 3.84. The molecule has 1 heterocycles. The van der Waals surface area contributed by atoms with Crippen molar-refractivity contribution in [1.29, 1.82) is 0 Å². The molecule has 0 bridgehead atoms. The standard InChI is InChI=1S/C19H17FN4O3/c1-12-16(13(2)23(22-12)15-6-4-3-5-7-15)11-19(25)21-14-8-9-17(20)18(10-14)24(26)27/h3-10H,11H2,1-2H3,(H,21,25). The highest BCUT2D eigenvalue weighted by molar-refractivity contribution is 5.92. The number of nitro groups is 1. The molecule has 3 rings (SSSR count). The summed E-state index contributed by atoms with van der Waals surface area (Å²) in [7, 11) is 0. The monoisotopic (exact) mass is 368 g/mol. The van der Waals surface area contributed by atoms with E-state index in [-0.39, 0.29) is 18.0 Å². The smallest absolute Gasteiger partial charge is 0.306 e. The fourth-order valence-corrected chi connectivity index (χ4v) is 2.85. The van der Waals surface area contributed by atoms with Crippen LogP contribution >= 0.6 is 0 Å². The summed E-state index contributed by atoms with van der Waals surface area (Å²) in [5, 5.41) is 17.9. The molecule has 0 aliphatic carbocycles. The molecular weight excluding hydrogens is 351 g/mol. The highest BCUT2D eigenvalue weighted by atomic mass is 19.1. The average Bonchev–Trinajstić information content (AvgIpc) is 2.92. The number of rotatable bonds is 5. The largest absolute Gasteiger partial charge is 0.326 e. The number of nitrogens with one attached hydrogen (secondary N) is 1. The number of anilines is 1. The van der Waals surface area contributed by atoms with Gasteiger partial charge in [-0.15, -0.1) is 0 Å². The first-order chi connectivity index (χ1) is 12.9. The molecule has 0 saturated carbocycles. The number of amides is 1. The summed E-state index contributed by atoms with van der Waals surface area (Å²) >= 11 is 0. The quantitative estimate of drug-likeness (QED) is 0.549. The molecule has 138 valence electrons. The Kier molecular flexibility index (Phi) is 4.98. The van der Waals surface area contributed by atoms with Crippen LogP contribution in [0.3, 0.4) is 0 Å². The number of hydrogen-bond acceptors (Lipinski definition) is 4. The number of halogens is 1. The predicted octanol–water partition coefficient (Wildman–Crippen LogP) is 3.72. The first-order valence-electron chi connectivity index (χ1n) is 8.21. The van der Waals surface area contributed by atoms with Gasteiger partial charge in [-0.3, -0.25) is 14.9 Å². The van der Waals surface area contributed by atoms with Crippen LogP contribution in [-0.2, 0) is 11.2 Å². The van der Waals surface area contributed by atoms with Gasteiger partial charge in [0, 0.05) is 23.0 Å². The molecule has 3 aromatic rings. The van der Waals surface area contributed by atoms with Gasteiger partial charge in [-0.25, -0.2) is 4.68 Å². The van der Waals surface area contributed by atoms with E-state index in [1.165, 1.54) is 6.07 Å². The second-order valence-electron chi connectivity index (χ2n) is 6.04. The number of carbonyl (C=O) groups excluding carboxylic acids is 1. The molecule has 0 spiro atoms. The maximum atomic E-state index is 13.4. The molecule has 0 radical (unpaired) electrons. The lowest BCUT2D eigenvalue weighted by Crippen LogP contribution is -2.15. The first-order valence-corrected chi connectivity index (χ1v) is 8.21. The number of nitrogens with zero attached hydrogens (tertiary/aromatic N) is 3. The highest BCUT2D eigenvalue weighted by Gasteiger charge is 2.18. The van der Waals surface area contributed by atoms with Crippen molar-refractivity contribution in [3.63, 3.8) is 0 Å². The average molecular weight is 368 g/mol. The Labute approximate surface area is 154 Å². The Bertz CT molecular complexity index is 1020. The summed E-state index contributed by atoms with van der Waals surface area (Å²) in [6.45, 7) is 3.69. The van der Waals surface area contributed by atoms with Gasteiger partial charge in [-0.1, -0.05) is 18.2 Å². The van der Waals surface area contributed by atoms with Gasteiger partial charge in [0.1, 0.15) is 0 Å². The summed E-state index contributed by atoms with van der Waals surface area (Å²) in [5.74, 6) is -1.32. The second-order valence-corrected chi connectivity index (χ2v) is 6.04. The van der Waals surface area contributed by atoms with Crippen LogP contribution in [0.15, 0.2) is 48.5 Å². The van der Waals surface area contributed by atoms with Crippen LogP contribution in [0.5, 0.6) is 0 Å². The van der Waals surface area contributed by atoms with E-state index >= 15 is 0 Å². The Balaban J connectivity index is 1.80. The van der Waals surface area contributed by atoms with Crippen molar-refractivity contribution in [3.8, 4) is 5.69 Å². The van der Waals surface area contributed by atoms with Crippen LogP contribution in [0.2, 0.25) is 0 Å². The molecule has 1 amide bonds. The maximum Gasteiger partial charge on any atom is 0.306 e. The molecule has 8 heteroatoms. The van der Waals surface area contributed by atoms with E-state index in [0.29, 0.717) is 0 Å². The summed E-state index contributed by atoms with van der Waals surface area (Å²) < 4.78 is 15.2. The molecule has 7 nitrogen and oxygen atoms in total. The van der Waals surface area contributed by atoms with Gasteiger partial charge in [0.05, 0.1) is 22.7 Å². The van der Waals surface area contributed by atoms with Gasteiger partial charge in [0.2, 0.25) is 11.7 Å². The topological polar surface area (TPSA) is 90.1 Å². The van der Waals surface area contributed by atoms with Gasteiger partial charge >= 0.3 is 5.69 Å². The van der Waals surface area contributed by atoms with E-state index in [0.717, 1.165) is 34.8 Å². The van der Waals surface area contributed by atoms with Crippen molar-refractivity contribution in [2.75, 3.05) is 5.32 Å². The zero-order valence-electron chi connectivity index (χ0n) is 14.8. The molecule has 2 aromatic carbocycles. The fourth-order valence-electron chi connectivity index (χ4n) is 2.85. The van der Waals surface area contributed by atoms with Crippen molar-refractivity contribution in [1.82, 2.24) is 9.78 Å². The molecular formula is C19H17FN4O3. The lowest BCUT2D eigenvalue weighted by molar-refractivity contribution is -0.387. The zero-order chi connectivity index (χ0) is 19.6. The summed E-state index contributed by atoms with van der Waals surface area (Å²) in [5.41, 5.74) is 2.69. The van der Waals surface area contributed by atoms with Crippen LogP contribution < -0.4 is 5.32 Å². The predicted molar refractivity (Wildman–Crippen MR) is 98.4 cm³/mol. The minimum atomic E-state index is -0.950. The highest BCUT2D eigenvalue weighted by Crippen LogP contribution is 2.23. The number of carbonyl (C=O) groups is 1. The normalized spacial score (nSPS) is 10.6. The first kappa shape index (κ1) is 18.2. The van der Waals surface area contributed by atoms with Crippen molar-refractivity contribution in [3.05, 3.63) is 81.4 Å². The molecule has 1 N–H and O–H groups in total. The number of para-hydroxylation sites is 1. The zero-order valence-corrected chi connectivity index (χ0v) is 14.8. The van der Waals surface area contributed by atoms with Crippen LogP contribution in [0, 0.1) is 29.8 Å². The molecule has 0 aliphatic heterocycles. The second kappa shape index (κ2) is 7.36. The molecule has 0 unspecified atom stereocenters. The Hall–Kier alpha value is -3.55. The Morgan fingerprint density at radius 1 is 1.22 bits per heavy atom. The van der Waals surface area contributed by atoms with E-state index in [9.17, 15) is 19.3 Å². The molecule has 0 atom stereocenters. The Morgan fingerprint density at radius 2 is 1.93 bits per heavy atom. The molecule has 0 saturated heterocycles. The number of hydrogen-bond donors (Lipinski definition) is 1. The van der Waals surface area contributed by atoms with Crippen LogP contribution in [0.4, 0.5) is 15.8 Å². The van der Waals surface area contributed by atoms with E-state index in [4.69, 9.17) is 0 Å². The van der Waals surface area contributed by atoms with E-state index < -0.39 is 16.4 Å². The van der Waals surface area contributed by atoms with E-state index in [2.05, 4.69) is 10.4 Å². The molecule has 0 fully saturated rings. The lowest BCUT2D eigenvalue weighted by atomic mass is 10.1. The lowest BCUT2D eigenvalue weighted by Gasteiger charge is -2.07. The number of nitro benzene ring substituents is 1. The summed E-state index contributed by atoms with van der Waals surface area (Å²) in [6.07, 6.45) is 0.0513. The van der Waals surface area contributed by atoms with Gasteiger partial charge < -0.3 is 5.32 Å². The minimum Gasteiger partial charge on any atom is -0.326 e. The fraction of sp³-hybridized carbons (Fsp3) is 0.158. The van der Waals surface area contributed by atoms with E-state index in [1.807, 2.05) is 44.2 Å². The van der Waals surface area contributed by atoms with Crippen molar-refractivity contribution >= 4 is 17.3 Å². The van der Waals surface area contributed by atoms with Crippen molar-refractivity contribution in [2.24, 2.45) is 0 Å². The third-order valence-corrected chi connectivity index (χ3v) is 4.21. The third-order valence-electron chi connectivity index (χ3n) is 4.21. The summed E-state index contributed by atoms with van der Waals surface area (Å²) in [4.78, 5) is 22.4. The number of benzene rings is 2. The molecule has 27 heavy (non-hydrogen) atoms. The molecule has 0 aliphatic rings. The SMILES string of the molecule is Cc1nn(-c2ccccc2)c(C)c1CC(=O)Nc1ccc(F)c([N+](=O)[O-])c1. The van der Waals surface area contributed by atoms with Crippen LogP contribution in [0.25, 0.3) is 5.69 Å². The maximum absolute atomic E-state index is 13.4. The minimum absolute atomic E-state index is 0.0513. The van der Waals surface area contributed by atoms with E-state index in [1.54, 1.807) is 4.68 Å². The van der Waals surface area contributed by atoms with Crippen molar-refractivity contribution < 1.29 is 14.1 Å². The van der Waals surface area contributed by atoms with Gasteiger partial charge in [-0.05, 0) is 38.1 Å². The van der Waals surface area contributed by atoms with Gasteiger partial charge in [0.15, 0.2) is 0 Å². The Morgan fingerprint density at radius 3 is 2.59 bits per heavy atom. The van der Waals surface area contributed by atoms with Crippen LogP contribution in [-0.4, -0.2) is 20.6 Å².